The summed E-state index contributed by atoms with van der Waals surface area (Å²) in [6, 6.07) is 7.97. The van der Waals surface area contributed by atoms with Crippen molar-refractivity contribution in [3.63, 3.8) is 0 Å². The van der Waals surface area contributed by atoms with Crippen LogP contribution in [0.2, 0.25) is 0 Å². The van der Waals surface area contributed by atoms with Crippen LogP contribution in [0, 0.1) is 24.0 Å². The van der Waals surface area contributed by atoms with Crippen molar-refractivity contribution in [1.29, 1.82) is 0 Å². The minimum atomic E-state index is -0.512. The second-order valence-corrected chi connectivity index (χ2v) is 6.27. The summed E-state index contributed by atoms with van der Waals surface area (Å²) < 4.78 is 5.78. The Kier molecular flexibility index (Phi) is 5.93. The Morgan fingerprint density at radius 1 is 1.24 bits per heavy atom. The number of nitro benzene ring substituents is 1. The monoisotopic (exact) mass is 404 g/mol. The van der Waals surface area contributed by atoms with Gasteiger partial charge in [-0.2, -0.15) is 0 Å². The Hall–Kier alpha value is -2.67. The number of hydrogen-bond acceptors (Lipinski definition) is 4. The van der Waals surface area contributed by atoms with Crippen LogP contribution in [-0.2, 0) is 4.79 Å². The molecule has 1 N–H and O–H groups in total. The van der Waals surface area contributed by atoms with Crippen molar-refractivity contribution in [1.82, 2.24) is 0 Å². The molecule has 0 aliphatic rings. The zero-order chi connectivity index (χ0) is 18.6. The number of carbonyl (C=O) groups excluding carboxylic acids is 1. The van der Waals surface area contributed by atoms with Gasteiger partial charge >= 0.3 is 0 Å². The summed E-state index contributed by atoms with van der Waals surface area (Å²) in [6.45, 7) is 3.87. The van der Waals surface area contributed by atoms with E-state index in [0.29, 0.717) is 10.2 Å². The van der Waals surface area contributed by atoms with E-state index in [1.165, 1.54) is 24.3 Å². The van der Waals surface area contributed by atoms with Crippen molar-refractivity contribution in [2.45, 2.75) is 13.8 Å². The topological polar surface area (TPSA) is 81.5 Å². The van der Waals surface area contributed by atoms with E-state index in [2.05, 4.69) is 21.2 Å². The van der Waals surface area contributed by atoms with Crippen LogP contribution in [0.25, 0.3) is 6.08 Å². The molecule has 0 spiro atoms. The number of amides is 1. The number of aryl methyl sites for hydroxylation is 2. The van der Waals surface area contributed by atoms with E-state index in [9.17, 15) is 14.9 Å². The summed E-state index contributed by atoms with van der Waals surface area (Å²) >= 11 is 3.27. The average Bonchev–Trinajstić information content (AvgIpc) is 2.55. The van der Waals surface area contributed by atoms with E-state index >= 15 is 0 Å². The number of halogens is 1. The highest BCUT2D eigenvalue weighted by atomic mass is 79.9. The molecule has 0 aliphatic heterocycles. The van der Waals surface area contributed by atoms with Crippen LogP contribution in [0.3, 0.4) is 0 Å². The second-order valence-electron chi connectivity index (χ2n) is 5.42. The third-order valence-corrected chi connectivity index (χ3v) is 4.31. The number of ether oxygens (including phenoxy) is 1. The first-order chi connectivity index (χ1) is 11.8. The van der Waals surface area contributed by atoms with Crippen molar-refractivity contribution >= 4 is 39.3 Å². The third kappa shape index (κ3) is 4.67. The Morgan fingerprint density at radius 2 is 1.88 bits per heavy atom. The molecule has 0 fully saturated rings. The molecule has 25 heavy (non-hydrogen) atoms. The Morgan fingerprint density at radius 3 is 2.44 bits per heavy atom. The number of methoxy groups -OCH3 is 1. The first-order valence-electron chi connectivity index (χ1n) is 7.40. The summed E-state index contributed by atoms with van der Waals surface area (Å²) in [4.78, 5) is 22.5. The fraction of sp³-hybridized carbons (Fsp3) is 0.167. The molecule has 0 aromatic heterocycles. The molecule has 0 aliphatic carbocycles. The van der Waals surface area contributed by atoms with E-state index in [1.54, 1.807) is 13.2 Å². The normalized spacial score (nSPS) is 10.7. The van der Waals surface area contributed by atoms with Gasteiger partial charge in [-0.15, -0.1) is 0 Å². The number of hydrogen-bond donors (Lipinski definition) is 1. The number of benzene rings is 2. The molecule has 0 atom stereocenters. The lowest BCUT2D eigenvalue weighted by Crippen LogP contribution is -2.08. The van der Waals surface area contributed by atoms with Gasteiger partial charge in [-0.25, -0.2) is 0 Å². The molecule has 2 aromatic carbocycles. The first kappa shape index (κ1) is 18.7. The summed E-state index contributed by atoms with van der Waals surface area (Å²) in [5.41, 5.74) is 3.14. The maximum Gasteiger partial charge on any atom is 0.271 e. The van der Waals surface area contributed by atoms with Crippen LogP contribution in [-0.4, -0.2) is 17.9 Å². The van der Waals surface area contributed by atoms with Crippen molar-refractivity contribution in [3.8, 4) is 5.75 Å². The summed E-state index contributed by atoms with van der Waals surface area (Å²) in [5, 5.41) is 13.5. The molecule has 0 unspecified atom stereocenters. The van der Waals surface area contributed by atoms with Crippen molar-refractivity contribution in [2.75, 3.05) is 12.4 Å². The van der Waals surface area contributed by atoms with Crippen molar-refractivity contribution < 1.29 is 14.5 Å². The van der Waals surface area contributed by atoms with Crippen LogP contribution in [0.15, 0.2) is 40.9 Å². The number of nitrogens with one attached hydrogen (secondary N) is 1. The van der Waals surface area contributed by atoms with Gasteiger partial charge in [-0.3, -0.25) is 14.9 Å². The lowest BCUT2D eigenvalue weighted by molar-refractivity contribution is -0.384. The lowest BCUT2D eigenvalue weighted by atomic mass is 10.0. The highest BCUT2D eigenvalue weighted by Crippen LogP contribution is 2.27. The maximum atomic E-state index is 12.2. The minimum absolute atomic E-state index is 0.0932. The highest BCUT2D eigenvalue weighted by molar-refractivity contribution is 9.10. The molecule has 2 aromatic rings. The first-order valence-corrected chi connectivity index (χ1v) is 8.19. The number of carbonyl (C=O) groups is 1. The number of anilines is 1. The molecular weight excluding hydrogens is 388 g/mol. The molecule has 0 saturated carbocycles. The SMILES string of the molecule is COc1cc(C)c(/C=C/C(=O)Nc2cc([N+](=O)[O-])ccc2Br)c(C)c1. The van der Waals surface area contributed by atoms with Crippen LogP contribution >= 0.6 is 15.9 Å². The number of nitro groups is 1. The van der Waals surface area contributed by atoms with E-state index in [1.807, 2.05) is 26.0 Å². The third-order valence-electron chi connectivity index (χ3n) is 3.62. The zero-order valence-corrected chi connectivity index (χ0v) is 15.6. The molecule has 2 rings (SSSR count). The van der Waals surface area contributed by atoms with Crippen LogP contribution in [0.1, 0.15) is 16.7 Å². The molecule has 0 saturated heterocycles. The molecule has 0 bridgehead atoms. The lowest BCUT2D eigenvalue weighted by Gasteiger charge is -2.09. The molecular formula is C18H17BrN2O4. The van der Waals surface area contributed by atoms with E-state index in [0.717, 1.165) is 22.4 Å². The average molecular weight is 405 g/mol. The van der Waals surface area contributed by atoms with Gasteiger partial charge in [-0.1, -0.05) is 0 Å². The second kappa shape index (κ2) is 7.94. The fourth-order valence-corrected chi connectivity index (χ4v) is 2.72. The van der Waals surface area contributed by atoms with Crippen molar-refractivity contribution in [3.05, 3.63) is 67.7 Å². The largest absolute Gasteiger partial charge is 0.497 e. The molecule has 1 amide bonds. The van der Waals surface area contributed by atoms with Gasteiger partial charge in [0.2, 0.25) is 5.91 Å². The maximum absolute atomic E-state index is 12.2. The minimum Gasteiger partial charge on any atom is -0.497 e. The Bertz CT molecular complexity index is 839. The van der Waals surface area contributed by atoms with E-state index < -0.39 is 4.92 Å². The molecule has 130 valence electrons. The standard InChI is InChI=1S/C18H17BrN2O4/c1-11-8-14(25-3)9-12(2)15(11)5-7-18(22)20-17-10-13(21(23)24)4-6-16(17)19/h4-10H,1-3H3,(H,20,22)/b7-5+. The van der Waals surface area contributed by atoms with E-state index in [-0.39, 0.29) is 11.6 Å². The van der Waals surface area contributed by atoms with Crippen LogP contribution in [0.4, 0.5) is 11.4 Å². The van der Waals surface area contributed by atoms with Crippen LogP contribution < -0.4 is 10.1 Å². The van der Waals surface area contributed by atoms with Crippen LogP contribution in [0.5, 0.6) is 5.75 Å². The quantitative estimate of drug-likeness (QED) is 0.447. The molecule has 7 heteroatoms. The Labute approximate surface area is 153 Å². The smallest absolute Gasteiger partial charge is 0.271 e. The number of rotatable bonds is 5. The number of nitrogens with zero attached hydrogens (tertiary/aromatic N) is 1. The number of non-ortho nitro benzene ring substituents is 1. The summed E-state index contributed by atoms with van der Waals surface area (Å²) in [5.74, 6) is 0.382. The predicted molar refractivity (Wildman–Crippen MR) is 101 cm³/mol. The fourth-order valence-electron chi connectivity index (χ4n) is 2.37. The molecule has 0 heterocycles. The van der Waals surface area contributed by atoms with E-state index in [4.69, 9.17) is 4.74 Å². The molecule has 6 nitrogen and oxygen atoms in total. The van der Waals surface area contributed by atoms with Gasteiger partial charge in [0.1, 0.15) is 5.75 Å². The summed E-state index contributed by atoms with van der Waals surface area (Å²) in [7, 11) is 1.61. The summed E-state index contributed by atoms with van der Waals surface area (Å²) in [6.07, 6.45) is 3.11. The van der Waals surface area contributed by atoms with Gasteiger partial charge in [-0.05, 0) is 70.7 Å². The predicted octanol–water partition coefficient (Wildman–Crippen LogP) is 4.63. The van der Waals surface area contributed by atoms with Gasteiger partial charge < -0.3 is 10.1 Å². The molecule has 0 radical (unpaired) electrons. The highest BCUT2D eigenvalue weighted by Gasteiger charge is 2.11. The van der Waals surface area contributed by atoms with Gasteiger partial charge in [0.15, 0.2) is 0 Å². The van der Waals surface area contributed by atoms with Gasteiger partial charge in [0.05, 0.1) is 17.7 Å². The van der Waals surface area contributed by atoms with Gasteiger partial charge in [0.25, 0.3) is 5.69 Å². The Balaban J connectivity index is 2.20. The van der Waals surface area contributed by atoms with Crippen molar-refractivity contribution in [2.24, 2.45) is 0 Å². The zero-order valence-electron chi connectivity index (χ0n) is 14.0. The van der Waals surface area contributed by atoms with Gasteiger partial charge in [0, 0.05) is 22.7 Å².